The smallest absolute Gasteiger partial charge is 0.337 e. The number of nitrogens with zero attached hydrogens (tertiary/aromatic N) is 1. The van der Waals surface area contributed by atoms with E-state index in [-0.39, 0.29) is 5.56 Å². The van der Waals surface area contributed by atoms with Crippen LogP contribution in [0.5, 0.6) is 0 Å². The van der Waals surface area contributed by atoms with Crippen LogP contribution < -0.4 is 4.90 Å². The van der Waals surface area contributed by atoms with Gasteiger partial charge in [0.15, 0.2) is 0 Å². The fourth-order valence-corrected chi connectivity index (χ4v) is 1.75. The second kappa shape index (κ2) is 4.87. The van der Waals surface area contributed by atoms with E-state index in [1.54, 1.807) is 11.9 Å². The lowest BCUT2D eigenvalue weighted by Gasteiger charge is -2.21. The van der Waals surface area contributed by atoms with Crippen molar-refractivity contribution in [1.29, 1.82) is 0 Å². The van der Waals surface area contributed by atoms with E-state index in [9.17, 15) is 9.18 Å². The van der Waals surface area contributed by atoms with Crippen LogP contribution in [0.15, 0.2) is 48.5 Å². The van der Waals surface area contributed by atoms with Gasteiger partial charge in [-0.1, -0.05) is 18.2 Å². The molecule has 0 aliphatic carbocycles. The summed E-state index contributed by atoms with van der Waals surface area (Å²) in [5.41, 5.74) is 1.20. The number of halogens is 1. The summed E-state index contributed by atoms with van der Waals surface area (Å²) in [6.07, 6.45) is 0. The Morgan fingerprint density at radius 3 is 2.44 bits per heavy atom. The first kappa shape index (κ1) is 12.1. The van der Waals surface area contributed by atoms with Crippen molar-refractivity contribution in [1.82, 2.24) is 0 Å². The van der Waals surface area contributed by atoms with E-state index in [4.69, 9.17) is 5.11 Å². The lowest BCUT2D eigenvalue weighted by atomic mass is 10.1. The zero-order valence-electron chi connectivity index (χ0n) is 9.80. The molecule has 0 aliphatic rings. The Morgan fingerprint density at radius 1 is 1.17 bits per heavy atom. The number of para-hydroxylation sites is 1. The lowest BCUT2D eigenvalue weighted by molar-refractivity contribution is 0.0697. The molecule has 2 aromatic rings. The Kier molecular flexibility index (Phi) is 3.28. The molecule has 1 N–H and O–H groups in total. The van der Waals surface area contributed by atoms with Crippen molar-refractivity contribution in [3.05, 3.63) is 59.9 Å². The second-order valence-electron chi connectivity index (χ2n) is 3.86. The Bertz CT molecular complexity index is 569. The number of anilines is 2. The molecule has 92 valence electrons. The fraction of sp³-hybridized carbons (Fsp3) is 0.0714. The third-order valence-electron chi connectivity index (χ3n) is 2.70. The quantitative estimate of drug-likeness (QED) is 0.902. The van der Waals surface area contributed by atoms with Crippen LogP contribution in [0.2, 0.25) is 0 Å². The maximum absolute atomic E-state index is 13.3. The molecule has 0 fully saturated rings. The van der Waals surface area contributed by atoms with Crippen LogP contribution in [0.1, 0.15) is 10.4 Å². The average Bonchev–Trinajstić information content (AvgIpc) is 2.38. The molecule has 2 rings (SSSR count). The number of carboxylic acid groups (broad SMARTS) is 1. The summed E-state index contributed by atoms with van der Waals surface area (Å²) >= 11 is 0. The first-order chi connectivity index (χ1) is 8.59. The summed E-state index contributed by atoms with van der Waals surface area (Å²) in [7, 11) is 1.70. The minimum absolute atomic E-state index is 0.0720. The van der Waals surface area contributed by atoms with Crippen molar-refractivity contribution >= 4 is 17.3 Å². The Balaban J connectivity index is 2.50. The van der Waals surface area contributed by atoms with Crippen LogP contribution in [0.4, 0.5) is 15.8 Å². The molecule has 2 aromatic carbocycles. The predicted octanol–water partition coefficient (Wildman–Crippen LogP) is 3.29. The zero-order chi connectivity index (χ0) is 13.1. The van der Waals surface area contributed by atoms with Crippen molar-refractivity contribution in [3.8, 4) is 0 Å². The maximum atomic E-state index is 13.3. The minimum Gasteiger partial charge on any atom is -0.478 e. The maximum Gasteiger partial charge on any atom is 0.337 e. The molecule has 18 heavy (non-hydrogen) atoms. The molecule has 0 atom stereocenters. The number of rotatable bonds is 3. The molecule has 0 aliphatic heterocycles. The molecule has 0 bridgehead atoms. The standard InChI is InChI=1S/C14H12FNO2/c1-16(11-5-3-2-4-6-11)13-9-10(15)7-8-12(13)14(17)18/h2-9H,1H3,(H,17,18). The summed E-state index contributed by atoms with van der Waals surface area (Å²) in [4.78, 5) is 12.8. The van der Waals surface area contributed by atoms with Crippen molar-refractivity contribution in [2.75, 3.05) is 11.9 Å². The molecule has 0 radical (unpaired) electrons. The van der Waals surface area contributed by atoms with Crippen LogP contribution in [-0.2, 0) is 0 Å². The molecule has 0 spiro atoms. The van der Waals surface area contributed by atoms with Gasteiger partial charge < -0.3 is 10.0 Å². The number of benzene rings is 2. The first-order valence-corrected chi connectivity index (χ1v) is 5.41. The number of hydrogen-bond acceptors (Lipinski definition) is 2. The molecule has 0 saturated carbocycles. The van der Waals surface area contributed by atoms with E-state index in [2.05, 4.69) is 0 Å². The normalized spacial score (nSPS) is 10.1. The largest absolute Gasteiger partial charge is 0.478 e. The summed E-state index contributed by atoms with van der Waals surface area (Å²) < 4.78 is 13.3. The summed E-state index contributed by atoms with van der Waals surface area (Å²) in [5, 5.41) is 9.10. The van der Waals surface area contributed by atoms with Crippen molar-refractivity contribution in [2.24, 2.45) is 0 Å². The third-order valence-corrected chi connectivity index (χ3v) is 2.70. The molecule has 0 saturated heterocycles. The van der Waals surface area contributed by atoms with Gasteiger partial charge in [0.2, 0.25) is 0 Å². The van der Waals surface area contributed by atoms with E-state index < -0.39 is 11.8 Å². The number of aromatic carboxylic acids is 1. The average molecular weight is 245 g/mol. The zero-order valence-corrected chi connectivity index (χ0v) is 9.80. The first-order valence-electron chi connectivity index (χ1n) is 5.41. The molecule has 0 heterocycles. The highest BCUT2D eigenvalue weighted by Crippen LogP contribution is 2.27. The van der Waals surface area contributed by atoms with Crippen LogP contribution in [0.3, 0.4) is 0 Å². The van der Waals surface area contributed by atoms with E-state index >= 15 is 0 Å². The van der Waals surface area contributed by atoms with E-state index in [0.717, 1.165) is 11.8 Å². The van der Waals surface area contributed by atoms with Gasteiger partial charge in [0, 0.05) is 12.7 Å². The van der Waals surface area contributed by atoms with Crippen LogP contribution in [0, 0.1) is 5.82 Å². The highest BCUT2D eigenvalue weighted by molar-refractivity contribution is 5.95. The second-order valence-corrected chi connectivity index (χ2v) is 3.86. The monoisotopic (exact) mass is 245 g/mol. The number of carbonyl (C=O) groups is 1. The number of carboxylic acids is 1. The van der Waals surface area contributed by atoms with Gasteiger partial charge in [0.25, 0.3) is 0 Å². The van der Waals surface area contributed by atoms with Gasteiger partial charge in [-0.2, -0.15) is 0 Å². The van der Waals surface area contributed by atoms with Crippen molar-refractivity contribution < 1.29 is 14.3 Å². The van der Waals surface area contributed by atoms with Gasteiger partial charge in [-0.05, 0) is 30.3 Å². The number of hydrogen-bond donors (Lipinski definition) is 1. The molecule has 4 heteroatoms. The highest BCUT2D eigenvalue weighted by atomic mass is 19.1. The van der Waals surface area contributed by atoms with E-state index in [0.29, 0.717) is 5.69 Å². The molecular weight excluding hydrogens is 233 g/mol. The topological polar surface area (TPSA) is 40.5 Å². The molecule has 0 amide bonds. The predicted molar refractivity (Wildman–Crippen MR) is 67.9 cm³/mol. The van der Waals surface area contributed by atoms with Gasteiger partial charge in [-0.15, -0.1) is 0 Å². The van der Waals surface area contributed by atoms with Crippen LogP contribution in [-0.4, -0.2) is 18.1 Å². The van der Waals surface area contributed by atoms with E-state index in [1.165, 1.54) is 12.1 Å². The van der Waals surface area contributed by atoms with Gasteiger partial charge in [0.1, 0.15) is 5.82 Å². The van der Waals surface area contributed by atoms with Crippen molar-refractivity contribution in [3.63, 3.8) is 0 Å². The molecule has 3 nitrogen and oxygen atoms in total. The van der Waals surface area contributed by atoms with Gasteiger partial charge in [0.05, 0.1) is 11.3 Å². The summed E-state index contributed by atoms with van der Waals surface area (Å²) in [6, 6.07) is 12.8. The Labute approximate surface area is 104 Å². The molecular formula is C14H12FNO2. The summed E-state index contributed by atoms with van der Waals surface area (Å²) in [5.74, 6) is -1.54. The van der Waals surface area contributed by atoms with Crippen LogP contribution >= 0.6 is 0 Å². The van der Waals surface area contributed by atoms with Gasteiger partial charge in [-0.25, -0.2) is 9.18 Å². The third kappa shape index (κ3) is 2.32. The van der Waals surface area contributed by atoms with E-state index in [1.807, 2.05) is 30.3 Å². The Morgan fingerprint density at radius 2 is 1.83 bits per heavy atom. The van der Waals surface area contributed by atoms with Crippen molar-refractivity contribution in [2.45, 2.75) is 0 Å². The SMILES string of the molecule is CN(c1ccccc1)c1cc(F)ccc1C(=O)O. The lowest BCUT2D eigenvalue weighted by Crippen LogP contribution is -2.14. The fourth-order valence-electron chi connectivity index (χ4n) is 1.75. The van der Waals surface area contributed by atoms with Gasteiger partial charge >= 0.3 is 5.97 Å². The highest BCUT2D eigenvalue weighted by Gasteiger charge is 2.15. The van der Waals surface area contributed by atoms with Crippen LogP contribution in [0.25, 0.3) is 0 Å². The molecule has 0 aromatic heterocycles. The summed E-state index contributed by atoms with van der Waals surface area (Å²) in [6.45, 7) is 0. The molecule has 0 unspecified atom stereocenters. The Hall–Kier alpha value is -2.36. The van der Waals surface area contributed by atoms with Gasteiger partial charge in [-0.3, -0.25) is 0 Å². The minimum atomic E-state index is -1.08.